The molecule has 0 spiro atoms. The van der Waals surface area contributed by atoms with Crippen molar-refractivity contribution in [2.45, 2.75) is 18.9 Å². The van der Waals surface area contributed by atoms with Crippen LogP contribution in [0.2, 0.25) is 0 Å². The zero-order chi connectivity index (χ0) is 22.1. The van der Waals surface area contributed by atoms with Crippen molar-refractivity contribution in [3.05, 3.63) is 60.6 Å². The molecule has 8 heteroatoms. The van der Waals surface area contributed by atoms with E-state index in [1.807, 2.05) is 30.3 Å². The van der Waals surface area contributed by atoms with Crippen LogP contribution in [0.1, 0.15) is 23.2 Å². The highest BCUT2D eigenvalue weighted by molar-refractivity contribution is 6.07. The van der Waals surface area contributed by atoms with Crippen LogP contribution in [0, 0.1) is 0 Å². The Labute approximate surface area is 184 Å². The van der Waals surface area contributed by atoms with Crippen LogP contribution in [0.3, 0.4) is 0 Å². The fourth-order valence-corrected chi connectivity index (χ4v) is 4.16. The minimum absolute atomic E-state index is 0.0238. The molecule has 164 valence electrons. The van der Waals surface area contributed by atoms with Crippen LogP contribution in [-0.4, -0.2) is 43.1 Å². The van der Waals surface area contributed by atoms with Crippen molar-refractivity contribution >= 4 is 39.6 Å². The number of rotatable bonds is 4. The zero-order valence-electron chi connectivity index (χ0n) is 17.6. The average molecular weight is 433 g/mol. The quantitative estimate of drug-likeness (QED) is 0.490. The van der Waals surface area contributed by atoms with Gasteiger partial charge in [-0.3, -0.25) is 4.79 Å². The lowest BCUT2D eigenvalue weighted by Crippen LogP contribution is -2.47. The molecule has 5 rings (SSSR count). The molecule has 2 aromatic carbocycles. The number of para-hydroxylation sites is 1. The van der Waals surface area contributed by atoms with Crippen molar-refractivity contribution < 1.29 is 23.2 Å². The molecule has 1 saturated heterocycles. The number of methoxy groups -OCH3 is 1. The monoisotopic (exact) mass is 433 g/mol. The highest BCUT2D eigenvalue weighted by atomic mass is 16.5. The summed E-state index contributed by atoms with van der Waals surface area (Å²) < 4.78 is 16.4. The maximum absolute atomic E-state index is 12.7. The third-order valence-corrected chi connectivity index (χ3v) is 5.83. The number of likely N-dealkylation sites (tertiary alicyclic amines) is 1. The van der Waals surface area contributed by atoms with Gasteiger partial charge >= 0.3 is 6.03 Å². The topological polar surface area (TPSA) is 97.0 Å². The van der Waals surface area contributed by atoms with E-state index >= 15 is 0 Å². The number of nitrogens with zero attached hydrogens (tertiary/aromatic N) is 1. The second kappa shape index (κ2) is 8.30. The number of piperidine rings is 1. The summed E-state index contributed by atoms with van der Waals surface area (Å²) in [6.45, 7) is 1.15. The van der Waals surface area contributed by atoms with Crippen LogP contribution in [0.15, 0.2) is 63.8 Å². The van der Waals surface area contributed by atoms with E-state index in [0.29, 0.717) is 48.5 Å². The van der Waals surface area contributed by atoms with Crippen molar-refractivity contribution in [1.82, 2.24) is 10.2 Å². The Morgan fingerprint density at radius 2 is 1.88 bits per heavy atom. The van der Waals surface area contributed by atoms with Gasteiger partial charge in [-0.1, -0.05) is 18.2 Å². The van der Waals surface area contributed by atoms with Gasteiger partial charge in [0.05, 0.1) is 24.6 Å². The molecule has 0 bridgehead atoms. The predicted molar refractivity (Wildman–Crippen MR) is 120 cm³/mol. The van der Waals surface area contributed by atoms with E-state index < -0.39 is 0 Å². The molecule has 1 aliphatic heterocycles. The Kier molecular flexibility index (Phi) is 5.18. The molecule has 8 nitrogen and oxygen atoms in total. The first kappa shape index (κ1) is 20.0. The summed E-state index contributed by atoms with van der Waals surface area (Å²) in [4.78, 5) is 26.9. The Morgan fingerprint density at radius 1 is 1.06 bits per heavy atom. The number of amides is 3. The van der Waals surface area contributed by atoms with Gasteiger partial charge in [0.1, 0.15) is 23.2 Å². The summed E-state index contributed by atoms with van der Waals surface area (Å²) in [6, 6.07) is 12.7. The summed E-state index contributed by atoms with van der Waals surface area (Å²) in [6.07, 6.45) is 4.29. The molecule has 0 saturated carbocycles. The fraction of sp³-hybridized carbons (Fsp3) is 0.250. The van der Waals surface area contributed by atoms with Crippen molar-refractivity contribution in [3.8, 4) is 5.75 Å². The van der Waals surface area contributed by atoms with Gasteiger partial charge < -0.3 is 29.1 Å². The number of carbonyl (C=O) groups excluding carboxylic acids is 2. The molecule has 2 N–H and O–H groups in total. The summed E-state index contributed by atoms with van der Waals surface area (Å²) >= 11 is 0. The number of furan rings is 2. The molecule has 3 amide bonds. The number of carbonyl (C=O) groups is 2. The number of benzene rings is 2. The lowest BCUT2D eigenvalue weighted by atomic mass is 10.0. The molecular weight excluding hydrogens is 410 g/mol. The first-order valence-corrected chi connectivity index (χ1v) is 10.5. The molecule has 0 unspecified atom stereocenters. The van der Waals surface area contributed by atoms with E-state index in [4.69, 9.17) is 13.6 Å². The summed E-state index contributed by atoms with van der Waals surface area (Å²) in [7, 11) is 1.57. The minimum atomic E-state index is -0.321. The normalized spacial score (nSPS) is 14.6. The van der Waals surface area contributed by atoms with E-state index in [9.17, 15) is 9.59 Å². The molecule has 1 aliphatic rings. The molecule has 0 aliphatic carbocycles. The lowest BCUT2D eigenvalue weighted by Gasteiger charge is -2.32. The average Bonchev–Trinajstić information content (AvgIpc) is 3.46. The SMILES string of the molecule is COc1cc2c(cc1NC(=O)NC1CCN(C(=O)c3ccoc3)CC1)oc1ccccc12. The minimum Gasteiger partial charge on any atom is -0.495 e. The Bertz CT molecular complexity index is 1270. The van der Waals surface area contributed by atoms with Crippen LogP contribution in [0.25, 0.3) is 21.9 Å². The molecule has 3 heterocycles. The molecule has 1 fully saturated rings. The summed E-state index contributed by atoms with van der Waals surface area (Å²) in [5, 5.41) is 7.79. The van der Waals surface area contributed by atoms with E-state index in [1.165, 1.54) is 12.5 Å². The second-order valence-electron chi connectivity index (χ2n) is 7.82. The lowest BCUT2D eigenvalue weighted by molar-refractivity contribution is 0.0708. The van der Waals surface area contributed by atoms with E-state index in [2.05, 4.69) is 10.6 Å². The molecule has 0 atom stereocenters. The van der Waals surface area contributed by atoms with E-state index in [0.717, 1.165) is 16.4 Å². The van der Waals surface area contributed by atoms with Crippen LogP contribution in [0.4, 0.5) is 10.5 Å². The van der Waals surface area contributed by atoms with Crippen LogP contribution in [-0.2, 0) is 0 Å². The summed E-state index contributed by atoms with van der Waals surface area (Å²) in [5.74, 6) is 0.505. The van der Waals surface area contributed by atoms with Crippen molar-refractivity contribution in [2.75, 3.05) is 25.5 Å². The molecule has 0 radical (unpaired) electrons. The van der Waals surface area contributed by atoms with Gasteiger partial charge in [0.25, 0.3) is 5.91 Å². The van der Waals surface area contributed by atoms with E-state index in [1.54, 1.807) is 24.1 Å². The van der Waals surface area contributed by atoms with Gasteiger partial charge in [0.15, 0.2) is 0 Å². The van der Waals surface area contributed by atoms with Gasteiger partial charge in [0, 0.05) is 36.0 Å². The molecular formula is C24H23N3O5. The van der Waals surface area contributed by atoms with Crippen molar-refractivity contribution in [2.24, 2.45) is 0 Å². The van der Waals surface area contributed by atoms with Gasteiger partial charge in [-0.25, -0.2) is 4.79 Å². The summed E-state index contributed by atoms with van der Waals surface area (Å²) in [5.41, 5.74) is 2.53. The van der Waals surface area contributed by atoms with Gasteiger partial charge in [-0.05, 0) is 31.0 Å². The first-order chi connectivity index (χ1) is 15.6. The maximum atomic E-state index is 12.7. The Morgan fingerprint density at radius 3 is 2.62 bits per heavy atom. The van der Waals surface area contributed by atoms with Crippen LogP contribution in [0.5, 0.6) is 5.75 Å². The zero-order valence-corrected chi connectivity index (χ0v) is 17.6. The molecule has 32 heavy (non-hydrogen) atoms. The number of hydrogen-bond acceptors (Lipinski definition) is 5. The fourth-order valence-electron chi connectivity index (χ4n) is 4.16. The third kappa shape index (κ3) is 3.75. The molecule has 2 aromatic heterocycles. The Balaban J connectivity index is 1.24. The van der Waals surface area contributed by atoms with Crippen LogP contribution < -0.4 is 15.4 Å². The standard InChI is InChI=1S/C24H23N3O5/c1-30-22-12-18-17-4-2-3-5-20(17)32-21(18)13-19(22)26-24(29)25-16-6-9-27(10-7-16)23(28)15-8-11-31-14-15/h2-5,8,11-14,16H,6-7,9-10H2,1H3,(H2,25,26,29). The molecule has 4 aromatic rings. The number of ether oxygens (including phenoxy) is 1. The number of hydrogen-bond donors (Lipinski definition) is 2. The van der Waals surface area contributed by atoms with E-state index in [-0.39, 0.29) is 18.0 Å². The van der Waals surface area contributed by atoms with Crippen molar-refractivity contribution in [3.63, 3.8) is 0 Å². The third-order valence-electron chi connectivity index (χ3n) is 5.83. The second-order valence-corrected chi connectivity index (χ2v) is 7.82. The number of nitrogens with one attached hydrogen (secondary N) is 2. The van der Waals surface area contributed by atoms with Gasteiger partial charge in [-0.15, -0.1) is 0 Å². The number of anilines is 1. The largest absolute Gasteiger partial charge is 0.495 e. The highest BCUT2D eigenvalue weighted by Gasteiger charge is 2.25. The maximum Gasteiger partial charge on any atom is 0.319 e. The highest BCUT2D eigenvalue weighted by Crippen LogP contribution is 2.36. The number of urea groups is 1. The van der Waals surface area contributed by atoms with Crippen LogP contribution >= 0.6 is 0 Å². The first-order valence-electron chi connectivity index (χ1n) is 10.5. The van der Waals surface area contributed by atoms with Crippen molar-refractivity contribution in [1.29, 1.82) is 0 Å². The Hall–Kier alpha value is -3.94. The van der Waals surface area contributed by atoms with Gasteiger partial charge in [-0.2, -0.15) is 0 Å². The smallest absolute Gasteiger partial charge is 0.319 e. The van der Waals surface area contributed by atoms with Gasteiger partial charge in [0.2, 0.25) is 0 Å². The number of fused-ring (bicyclic) bond motifs is 3. The predicted octanol–water partition coefficient (Wildman–Crippen LogP) is 4.61.